The second kappa shape index (κ2) is 22.0. The van der Waals surface area contributed by atoms with Crippen LogP contribution in [0.15, 0.2) is 119 Å². The van der Waals surface area contributed by atoms with Gasteiger partial charge in [-0.05, 0) is 138 Å². The first-order valence-electron chi connectivity index (χ1n) is 22.6. The zero-order valence-electron chi connectivity index (χ0n) is 38.4. The maximum absolute atomic E-state index is 13.2. The Morgan fingerprint density at radius 1 is 0.632 bits per heavy atom. The molecule has 4 aromatic carbocycles. The normalized spacial score (nSPS) is 15.9. The van der Waals surface area contributed by atoms with Crippen molar-refractivity contribution in [1.29, 1.82) is 0 Å². The summed E-state index contributed by atoms with van der Waals surface area (Å²) in [6.07, 6.45) is 14.4. The molecule has 3 aliphatic rings. The molecule has 354 valence electrons. The van der Waals surface area contributed by atoms with Crippen molar-refractivity contribution in [2.24, 2.45) is 0 Å². The Morgan fingerprint density at radius 3 is 1.60 bits per heavy atom. The maximum Gasteiger partial charge on any atom is 0.181 e. The molecule has 5 heterocycles. The fourth-order valence-corrected chi connectivity index (χ4v) is 8.22. The molecule has 1 saturated heterocycles. The van der Waals surface area contributed by atoms with Crippen molar-refractivity contribution in [3.63, 3.8) is 0 Å². The number of ether oxygens (including phenoxy) is 4. The minimum atomic E-state index is -0.551. The molecule has 4 aromatic heterocycles. The quantitative estimate of drug-likeness (QED) is 0.148. The third kappa shape index (κ3) is 11.3. The van der Waals surface area contributed by atoms with E-state index in [1.165, 1.54) is 49.2 Å². The van der Waals surface area contributed by atoms with Gasteiger partial charge in [0.05, 0.1) is 49.6 Å². The molecule has 2 N–H and O–H groups in total. The van der Waals surface area contributed by atoms with Gasteiger partial charge >= 0.3 is 0 Å². The lowest BCUT2D eigenvalue weighted by molar-refractivity contribution is 0.120. The van der Waals surface area contributed by atoms with Crippen molar-refractivity contribution in [3.8, 4) is 56.9 Å². The predicted molar refractivity (Wildman–Crippen MR) is 249 cm³/mol. The Balaban J connectivity index is 0.000000148. The minimum Gasteiger partial charge on any atom is -0.508 e. The summed E-state index contributed by atoms with van der Waals surface area (Å²) in [5, 5.41) is 27.2. The standard InChI is InChI=1S/C24H22FN3O3.C18H19N3O3.C6H5FO.C4H8O/c1-15-13-28(14-26-15)20-11-6-16(12-22(20)29-2)23-19-4-3-5-21(24(19)31-27-23)30-18-9-7-17(25)8-10-18;1-11-9-21(10-19-11)14-7-6-12(8-16(14)23-2)17-13-4-3-5-15(22)18(13)24-20-17;7-5-1-3-6(8)4-2-5;1-2-4-5-3-1/h6-14,21H,3-5H2,1-2H3;6-10,15,22H,3-5H2,1-2H3;1-4,8H;1-4H2. The summed E-state index contributed by atoms with van der Waals surface area (Å²) in [6.45, 7) is 5.90. The summed E-state index contributed by atoms with van der Waals surface area (Å²) in [6, 6.07) is 22.9. The number of hydrogen-bond acceptors (Lipinski definition) is 12. The number of aliphatic hydroxyl groups excluding tert-OH is 1. The number of aromatic hydroxyl groups is 1. The maximum atomic E-state index is 13.2. The topological polar surface area (TPSA) is 165 Å². The molecule has 11 rings (SSSR count). The van der Waals surface area contributed by atoms with Crippen molar-refractivity contribution in [2.45, 2.75) is 77.4 Å². The summed E-state index contributed by atoms with van der Waals surface area (Å²) < 4.78 is 62.4. The van der Waals surface area contributed by atoms with Gasteiger partial charge in [0, 0.05) is 47.9 Å². The van der Waals surface area contributed by atoms with Gasteiger partial charge in [0.25, 0.3) is 0 Å². The fraction of sp³-hybridized carbons (Fsp3) is 0.308. The Kier molecular flexibility index (Phi) is 15.3. The number of rotatable bonds is 8. The molecule has 2 atom stereocenters. The highest BCUT2D eigenvalue weighted by Crippen LogP contribution is 2.41. The van der Waals surface area contributed by atoms with E-state index in [2.05, 4.69) is 20.3 Å². The molecule has 0 saturated carbocycles. The summed E-state index contributed by atoms with van der Waals surface area (Å²) in [7, 11) is 3.30. The zero-order chi connectivity index (χ0) is 47.6. The number of hydrogen-bond donors (Lipinski definition) is 2. The van der Waals surface area contributed by atoms with Crippen LogP contribution in [0.5, 0.6) is 23.0 Å². The van der Waals surface area contributed by atoms with E-state index in [4.69, 9.17) is 33.1 Å². The molecule has 14 nitrogen and oxygen atoms in total. The number of aliphatic hydroxyl groups is 1. The molecule has 16 heteroatoms. The molecule has 0 radical (unpaired) electrons. The molecule has 0 amide bonds. The second-order valence-electron chi connectivity index (χ2n) is 16.5. The monoisotopic (exact) mass is 928 g/mol. The first-order valence-corrected chi connectivity index (χ1v) is 22.6. The number of methoxy groups -OCH3 is 2. The molecule has 1 fully saturated rings. The molecule has 68 heavy (non-hydrogen) atoms. The zero-order valence-corrected chi connectivity index (χ0v) is 38.4. The molecule has 2 unspecified atom stereocenters. The first-order chi connectivity index (χ1) is 33.1. The van der Waals surface area contributed by atoms with Gasteiger partial charge < -0.3 is 47.3 Å². The van der Waals surface area contributed by atoms with Crippen molar-refractivity contribution in [1.82, 2.24) is 29.4 Å². The number of nitrogens with zero attached hydrogens (tertiary/aromatic N) is 6. The number of phenolic OH excluding ortho intramolecular Hbond substituents is 1. The van der Waals surface area contributed by atoms with E-state index in [9.17, 15) is 13.9 Å². The molecular formula is C52H54F2N6O8. The van der Waals surface area contributed by atoms with E-state index in [1.807, 2.05) is 71.8 Å². The molecule has 0 spiro atoms. The lowest BCUT2D eigenvalue weighted by atomic mass is 9.92. The van der Waals surface area contributed by atoms with Crippen LogP contribution in [0.3, 0.4) is 0 Å². The van der Waals surface area contributed by atoms with E-state index >= 15 is 0 Å². The van der Waals surface area contributed by atoms with E-state index in [0.717, 1.165) is 125 Å². The summed E-state index contributed by atoms with van der Waals surface area (Å²) in [4.78, 5) is 8.55. The Morgan fingerprint density at radius 2 is 1.13 bits per heavy atom. The highest BCUT2D eigenvalue weighted by Gasteiger charge is 2.31. The van der Waals surface area contributed by atoms with Crippen LogP contribution in [0, 0.1) is 25.5 Å². The fourth-order valence-electron chi connectivity index (χ4n) is 8.22. The third-order valence-electron chi connectivity index (χ3n) is 11.7. The van der Waals surface area contributed by atoms with Crippen molar-refractivity contribution < 1.29 is 47.0 Å². The smallest absolute Gasteiger partial charge is 0.181 e. The number of benzene rings is 4. The van der Waals surface area contributed by atoms with Crippen LogP contribution >= 0.6 is 0 Å². The van der Waals surface area contributed by atoms with Gasteiger partial charge in [0.15, 0.2) is 17.6 Å². The largest absolute Gasteiger partial charge is 0.508 e. The van der Waals surface area contributed by atoms with Crippen LogP contribution < -0.4 is 14.2 Å². The molecule has 0 bridgehead atoms. The van der Waals surface area contributed by atoms with E-state index in [-0.39, 0.29) is 23.5 Å². The predicted octanol–water partition coefficient (Wildman–Crippen LogP) is 11.0. The van der Waals surface area contributed by atoms with Gasteiger partial charge in [0.1, 0.15) is 52.1 Å². The number of aromatic nitrogens is 6. The number of aryl methyl sites for hydroxylation is 2. The number of phenols is 1. The van der Waals surface area contributed by atoms with Crippen molar-refractivity contribution in [3.05, 3.63) is 156 Å². The van der Waals surface area contributed by atoms with Crippen LogP contribution in [-0.4, -0.2) is 67.1 Å². The second-order valence-corrected chi connectivity index (χ2v) is 16.5. The van der Waals surface area contributed by atoms with Crippen LogP contribution in [-0.2, 0) is 17.6 Å². The minimum absolute atomic E-state index is 0.0893. The van der Waals surface area contributed by atoms with E-state index in [0.29, 0.717) is 11.5 Å². The first kappa shape index (κ1) is 47.2. The van der Waals surface area contributed by atoms with E-state index in [1.54, 1.807) is 39.0 Å². The SMILES string of the molecule is C1CCOC1.COc1cc(-c2noc3c2CCCC3O)ccc1-n1cnc(C)c1.COc1cc(-c2noc3c2CCCC3Oc2ccc(F)cc2)ccc1-n1cnc(C)c1.Oc1ccc(F)cc1. The van der Waals surface area contributed by atoms with Gasteiger partial charge in [-0.25, -0.2) is 18.7 Å². The average Bonchev–Trinajstić information content (AvgIpc) is 4.23. The van der Waals surface area contributed by atoms with Crippen molar-refractivity contribution in [2.75, 3.05) is 27.4 Å². The summed E-state index contributed by atoms with van der Waals surface area (Å²) in [5.41, 5.74) is 9.18. The molecule has 1 aliphatic heterocycles. The van der Waals surface area contributed by atoms with Crippen LogP contribution in [0.4, 0.5) is 8.78 Å². The molecular weight excluding hydrogens is 875 g/mol. The lowest BCUT2D eigenvalue weighted by Crippen LogP contribution is -2.14. The van der Waals surface area contributed by atoms with Crippen LogP contribution in [0.2, 0.25) is 0 Å². The van der Waals surface area contributed by atoms with Crippen LogP contribution in [0.25, 0.3) is 33.9 Å². The number of fused-ring (bicyclic) bond motifs is 2. The number of imidazole rings is 2. The summed E-state index contributed by atoms with van der Waals surface area (Å²) in [5.74, 6) is 2.87. The average molecular weight is 929 g/mol. The highest BCUT2D eigenvalue weighted by molar-refractivity contribution is 5.70. The summed E-state index contributed by atoms with van der Waals surface area (Å²) >= 11 is 0. The van der Waals surface area contributed by atoms with Crippen molar-refractivity contribution >= 4 is 0 Å². The van der Waals surface area contributed by atoms with E-state index < -0.39 is 6.10 Å². The van der Waals surface area contributed by atoms with Gasteiger partial charge in [-0.3, -0.25) is 0 Å². The number of halogens is 2. The Bertz CT molecular complexity index is 2860. The van der Waals surface area contributed by atoms with Crippen LogP contribution in [0.1, 0.15) is 84.8 Å². The lowest BCUT2D eigenvalue weighted by Gasteiger charge is -2.22. The third-order valence-corrected chi connectivity index (χ3v) is 11.7. The van der Waals surface area contributed by atoms with Gasteiger partial charge in [0.2, 0.25) is 0 Å². The van der Waals surface area contributed by atoms with Gasteiger partial charge in [-0.15, -0.1) is 0 Å². The Labute approximate surface area is 392 Å². The molecule has 2 aliphatic carbocycles. The van der Waals surface area contributed by atoms with Gasteiger partial charge in [-0.2, -0.15) is 0 Å². The molecule has 8 aromatic rings. The van der Waals surface area contributed by atoms with Gasteiger partial charge in [-0.1, -0.05) is 22.4 Å². The highest BCUT2D eigenvalue weighted by atomic mass is 19.1. The Hall–Kier alpha value is -7.30.